The number of aryl methyl sites for hydroxylation is 1. The molecule has 1 amide bonds. The molecule has 2 fully saturated rings. The molecule has 4 atom stereocenters. The number of piperidine rings is 1. The summed E-state index contributed by atoms with van der Waals surface area (Å²) in [6.07, 6.45) is 8.39. The Bertz CT molecular complexity index is 1070. The topological polar surface area (TPSA) is 64.0 Å². The normalized spacial score (nSPS) is 25.3. The Kier molecular flexibility index (Phi) is 10.3. The van der Waals surface area contributed by atoms with E-state index in [4.69, 9.17) is 0 Å². The number of phenols is 1. The molecule has 2 aromatic carbocycles. The molecule has 1 heterocycles. The number of carbonyl (C=O) groups excluding carboxylic acids is 1. The van der Waals surface area contributed by atoms with Gasteiger partial charge in [0.2, 0.25) is 5.91 Å². The van der Waals surface area contributed by atoms with Gasteiger partial charge in [-0.05, 0) is 74.2 Å². The van der Waals surface area contributed by atoms with Gasteiger partial charge >= 0.3 is 0 Å². The average Bonchev–Trinajstić information content (AvgIpc) is 2.92. The number of fused-ring (bicyclic) bond motifs is 1. The molecule has 0 radical (unpaired) electrons. The third kappa shape index (κ3) is 7.32. The van der Waals surface area contributed by atoms with Crippen LogP contribution in [0.4, 0.5) is 0 Å². The Labute approximate surface area is 235 Å². The SMILES string of the molecule is C=CCN1CC[C@@]2(c3cccc(O)c3)C[C@H](N(CC(C)C)C(=O)CCCCCc3ccccc3)CC(O)[C@@H]2C1. The zero-order valence-electron chi connectivity index (χ0n) is 24.0. The van der Waals surface area contributed by atoms with Crippen LogP contribution in [0.5, 0.6) is 5.75 Å². The second-order valence-corrected chi connectivity index (χ2v) is 12.3. The zero-order chi connectivity index (χ0) is 27.8. The lowest BCUT2D eigenvalue weighted by Crippen LogP contribution is -2.61. The van der Waals surface area contributed by atoms with Crippen molar-refractivity contribution in [3.8, 4) is 5.75 Å². The largest absolute Gasteiger partial charge is 0.508 e. The number of carbonyl (C=O) groups is 1. The number of aliphatic hydroxyl groups is 1. The Hall–Kier alpha value is -2.63. The van der Waals surface area contributed by atoms with Gasteiger partial charge in [0.05, 0.1) is 6.10 Å². The summed E-state index contributed by atoms with van der Waals surface area (Å²) in [5.74, 6) is 0.886. The quantitative estimate of drug-likeness (QED) is 0.262. The Balaban J connectivity index is 1.49. The van der Waals surface area contributed by atoms with Crippen molar-refractivity contribution in [2.45, 2.75) is 82.8 Å². The highest BCUT2D eigenvalue weighted by Gasteiger charge is 2.53. The van der Waals surface area contributed by atoms with Gasteiger partial charge in [-0.1, -0.05) is 68.8 Å². The number of likely N-dealkylation sites (tertiary alicyclic amines) is 1. The summed E-state index contributed by atoms with van der Waals surface area (Å²) in [5, 5.41) is 22.0. The molecule has 1 saturated heterocycles. The maximum Gasteiger partial charge on any atom is 0.222 e. The molecule has 1 aliphatic heterocycles. The van der Waals surface area contributed by atoms with Crippen molar-refractivity contribution in [1.82, 2.24) is 9.80 Å². The van der Waals surface area contributed by atoms with Gasteiger partial charge in [-0.15, -0.1) is 6.58 Å². The molecule has 0 bridgehead atoms. The summed E-state index contributed by atoms with van der Waals surface area (Å²) in [6, 6.07) is 18.1. The maximum absolute atomic E-state index is 13.7. The van der Waals surface area contributed by atoms with Crippen LogP contribution in [0.3, 0.4) is 0 Å². The predicted octanol–water partition coefficient (Wildman–Crippen LogP) is 5.95. The van der Waals surface area contributed by atoms with Crippen LogP contribution in [0.2, 0.25) is 0 Å². The van der Waals surface area contributed by atoms with Gasteiger partial charge in [-0.25, -0.2) is 0 Å². The second-order valence-electron chi connectivity index (χ2n) is 12.3. The number of benzene rings is 2. The molecular formula is C34H48N2O3. The first kappa shape index (κ1) is 29.4. The number of aromatic hydroxyl groups is 1. The van der Waals surface area contributed by atoms with Crippen molar-refractivity contribution in [2.24, 2.45) is 11.8 Å². The molecule has 5 nitrogen and oxygen atoms in total. The van der Waals surface area contributed by atoms with E-state index in [1.165, 1.54) is 5.56 Å². The first-order chi connectivity index (χ1) is 18.8. The van der Waals surface area contributed by atoms with Crippen LogP contribution in [0.1, 0.15) is 69.9 Å². The molecule has 1 unspecified atom stereocenters. The summed E-state index contributed by atoms with van der Waals surface area (Å²) in [4.78, 5) is 18.2. The van der Waals surface area contributed by atoms with E-state index in [0.717, 1.165) is 63.7 Å². The van der Waals surface area contributed by atoms with Crippen LogP contribution < -0.4 is 0 Å². The van der Waals surface area contributed by atoms with Gasteiger partial charge in [-0.3, -0.25) is 9.69 Å². The summed E-state index contributed by atoms with van der Waals surface area (Å²) in [6.45, 7) is 11.5. The van der Waals surface area contributed by atoms with E-state index in [0.29, 0.717) is 25.3 Å². The van der Waals surface area contributed by atoms with E-state index in [-0.39, 0.29) is 29.0 Å². The summed E-state index contributed by atoms with van der Waals surface area (Å²) in [7, 11) is 0. The van der Waals surface area contributed by atoms with E-state index in [1.807, 2.05) is 24.3 Å². The molecule has 0 aromatic heterocycles. The third-order valence-corrected chi connectivity index (χ3v) is 8.95. The van der Waals surface area contributed by atoms with Crippen molar-refractivity contribution in [3.05, 3.63) is 78.4 Å². The summed E-state index contributed by atoms with van der Waals surface area (Å²) in [5.41, 5.74) is 2.17. The van der Waals surface area contributed by atoms with Crippen LogP contribution >= 0.6 is 0 Å². The number of nitrogens with zero attached hydrogens (tertiary/aromatic N) is 2. The zero-order valence-corrected chi connectivity index (χ0v) is 24.0. The number of aliphatic hydroxyl groups excluding tert-OH is 1. The van der Waals surface area contributed by atoms with E-state index >= 15 is 0 Å². The van der Waals surface area contributed by atoms with Crippen LogP contribution in [0.25, 0.3) is 0 Å². The number of amides is 1. The van der Waals surface area contributed by atoms with Crippen LogP contribution in [0, 0.1) is 11.8 Å². The smallest absolute Gasteiger partial charge is 0.222 e. The van der Waals surface area contributed by atoms with Crippen LogP contribution in [-0.4, -0.2) is 64.2 Å². The van der Waals surface area contributed by atoms with Gasteiger partial charge in [0.1, 0.15) is 5.75 Å². The maximum atomic E-state index is 13.7. The molecular weight excluding hydrogens is 484 g/mol. The van der Waals surface area contributed by atoms with Gasteiger partial charge in [0, 0.05) is 43.4 Å². The third-order valence-electron chi connectivity index (χ3n) is 8.95. The molecule has 1 aliphatic carbocycles. The minimum Gasteiger partial charge on any atom is -0.508 e. The standard InChI is InChI=1S/C34H48N2O3/c1-4-19-35-20-18-34(28-15-11-16-30(37)21-28)23-29(22-32(38)31(34)25-35)36(24-26(2)3)33(39)17-10-6-9-14-27-12-7-5-8-13-27/h4-5,7-8,11-13,15-16,21,26,29,31-32,37-38H,1,6,9-10,14,17-20,22-25H2,2-3H3/t29-,31+,32?,34+/m1/s1. The van der Waals surface area contributed by atoms with E-state index in [9.17, 15) is 15.0 Å². The van der Waals surface area contributed by atoms with Gasteiger partial charge in [-0.2, -0.15) is 0 Å². The van der Waals surface area contributed by atoms with E-state index in [2.05, 4.69) is 60.6 Å². The van der Waals surface area contributed by atoms with Gasteiger partial charge < -0.3 is 15.1 Å². The molecule has 4 rings (SSSR count). The fourth-order valence-corrected chi connectivity index (χ4v) is 7.07. The summed E-state index contributed by atoms with van der Waals surface area (Å²) >= 11 is 0. The number of hydrogen-bond donors (Lipinski definition) is 2. The minimum atomic E-state index is -0.507. The molecule has 2 aliphatic rings. The highest BCUT2D eigenvalue weighted by atomic mass is 16.3. The van der Waals surface area contributed by atoms with Crippen molar-refractivity contribution >= 4 is 5.91 Å². The van der Waals surface area contributed by atoms with Crippen molar-refractivity contribution < 1.29 is 15.0 Å². The fraction of sp³-hybridized carbons (Fsp3) is 0.559. The monoisotopic (exact) mass is 532 g/mol. The van der Waals surface area contributed by atoms with E-state index in [1.54, 1.807) is 6.07 Å². The van der Waals surface area contributed by atoms with Crippen molar-refractivity contribution in [3.63, 3.8) is 0 Å². The molecule has 2 aromatic rings. The Morgan fingerprint density at radius 2 is 1.95 bits per heavy atom. The first-order valence-corrected chi connectivity index (χ1v) is 15.0. The molecule has 5 heteroatoms. The number of phenolic OH excluding ortho intramolecular Hbond substituents is 1. The highest BCUT2D eigenvalue weighted by Crippen LogP contribution is 2.50. The molecule has 1 saturated carbocycles. The minimum absolute atomic E-state index is 0.0104. The van der Waals surface area contributed by atoms with Gasteiger partial charge in [0.15, 0.2) is 0 Å². The average molecular weight is 533 g/mol. The Morgan fingerprint density at radius 1 is 1.15 bits per heavy atom. The van der Waals surface area contributed by atoms with Crippen molar-refractivity contribution in [2.75, 3.05) is 26.2 Å². The molecule has 2 N–H and O–H groups in total. The number of hydrogen-bond acceptors (Lipinski definition) is 4. The molecule has 0 spiro atoms. The van der Waals surface area contributed by atoms with Crippen molar-refractivity contribution in [1.29, 1.82) is 0 Å². The van der Waals surface area contributed by atoms with Crippen LogP contribution in [-0.2, 0) is 16.6 Å². The molecule has 39 heavy (non-hydrogen) atoms. The lowest BCUT2D eigenvalue weighted by atomic mass is 9.56. The summed E-state index contributed by atoms with van der Waals surface area (Å²) < 4.78 is 0. The molecule has 212 valence electrons. The highest BCUT2D eigenvalue weighted by molar-refractivity contribution is 5.76. The number of unbranched alkanes of at least 4 members (excludes halogenated alkanes) is 2. The van der Waals surface area contributed by atoms with Crippen LogP contribution in [0.15, 0.2) is 67.3 Å². The fourth-order valence-electron chi connectivity index (χ4n) is 7.07. The number of rotatable bonds is 12. The second kappa shape index (κ2) is 13.6. The predicted molar refractivity (Wildman–Crippen MR) is 159 cm³/mol. The first-order valence-electron chi connectivity index (χ1n) is 15.0. The lowest BCUT2D eigenvalue weighted by molar-refractivity contribution is -0.139. The Morgan fingerprint density at radius 3 is 2.67 bits per heavy atom. The van der Waals surface area contributed by atoms with E-state index < -0.39 is 6.10 Å². The van der Waals surface area contributed by atoms with Gasteiger partial charge in [0.25, 0.3) is 0 Å². The lowest BCUT2D eigenvalue weighted by Gasteiger charge is -2.56.